The summed E-state index contributed by atoms with van der Waals surface area (Å²) in [6, 6.07) is 0. The lowest BCUT2D eigenvalue weighted by Crippen LogP contribution is -2.43. The minimum atomic E-state index is -0.793. The van der Waals surface area contributed by atoms with Gasteiger partial charge < -0.3 is 4.74 Å². The lowest BCUT2D eigenvalue weighted by atomic mass is 10.4. The van der Waals surface area contributed by atoms with Crippen LogP contribution in [0.15, 0.2) is 14.4 Å². The summed E-state index contributed by atoms with van der Waals surface area (Å²) in [5.41, 5.74) is -2.22. The van der Waals surface area contributed by atoms with Gasteiger partial charge in [0.15, 0.2) is 0 Å². The zero-order chi connectivity index (χ0) is 12.0. The molecule has 1 rings (SSSR count). The van der Waals surface area contributed by atoms with Crippen LogP contribution in [0.25, 0.3) is 0 Å². The number of nitrogens with zero attached hydrogens (tertiary/aromatic N) is 1. The van der Waals surface area contributed by atoms with Crippen molar-refractivity contribution >= 4 is 0 Å². The molecule has 0 bridgehead atoms. The summed E-state index contributed by atoms with van der Waals surface area (Å²) < 4.78 is 6.11. The Morgan fingerprint density at radius 3 is 2.31 bits per heavy atom. The van der Waals surface area contributed by atoms with Gasteiger partial charge in [0.25, 0.3) is 0 Å². The quantitative estimate of drug-likeness (QED) is 0.614. The Kier molecular flexibility index (Phi) is 4.71. The van der Waals surface area contributed by atoms with Gasteiger partial charge in [-0.2, -0.15) is 0 Å². The highest BCUT2D eigenvalue weighted by Gasteiger charge is 2.01. The molecule has 0 amide bonds. The monoisotopic (exact) mass is 229 g/mol. The van der Waals surface area contributed by atoms with Gasteiger partial charge in [-0.1, -0.05) is 13.3 Å². The number of H-pyrrole nitrogens is 2. The van der Waals surface area contributed by atoms with Crippen LogP contribution in [0.2, 0.25) is 0 Å². The Labute approximate surface area is 91.1 Å². The molecule has 0 aliphatic carbocycles. The molecule has 1 aromatic heterocycles. The third-order valence-corrected chi connectivity index (χ3v) is 2.03. The maximum absolute atomic E-state index is 11.2. The van der Waals surface area contributed by atoms with Crippen LogP contribution in [0.1, 0.15) is 19.8 Å². The van der Waals surface area contributed by atoms with Crippen molar-refractivity contribution in [2.24, 2.45) is 0 Å². The van der Waals surface area contributed by atoms with E-state index in [1.165, 1.54) is 0 Å². The van der Waals surface area contributed by atoms with E-state index in [9.17, 15) is 14.4 Å². The number of hydrogen-bond donors (Lipinski definition) is 2. The first-order valence-electron chi connectivity index (χ1n) is 5.16. The van der Waals surface area contributed by atoms with Crippen LogP contribution in [-0.4, -0.2) is 27.7 Å². The normalized spacial score (nSPS) is 10.6. The molecule has 1 aromatic rings. The molecule has 0 aliphatic rings. The van der Waals surface area contributed by atoms with Crippen molar-refractivity contribution in [1.29, 1.82) is 0 Å². The number of unbranched alkanes of at least 4 members (excludes halogenated alkanes) is 1. The summed E-state index contributed by atoms with van der Waals surface area (Å²) in [6.45, 7) is 3.05. The number of rotatable bonds is 6. The Bertz CT molecular complexity index is 450. The molecule has 0 radical (unpaired) electrons. The van der Waals surface area contributed by atoms with E-state index in [1.807, 2.05) is 16.9 Å². The highest BCUT2D eigenvalue weighted by Crippen LogP contribution is 1.87. The van der Waals surface area contributed by atoms with E-state index in [0.29, 0.717) is 6.61 Å². The fourth-order valence-electron chi connectivity index (χ4n) is 1.16. The largest absolute Gasteiger partial charge is 0.380 e. The molecule has 0 unspecified atom stereocenters. The van der Waals surface area contributed by atoms with Gasteiger partial charge in [-0.25, -0.2) is 19.0 Å². The SMILES string of the molecule is CCCCOCCn1c(=O)[nH]c(=O)[nH]c1=O. The van der Waals surface area contributed by atoms with Crippen LogP contribution in [0.5, 0.6) is 0 Å². The summed E-state index contributed by atoms with van der Waals surface area (Å²) >= 11 is 0. The molecule has 0 aromatic carbocycles. The van der Waals surface area contributed by atoms with Gasteiger partial charge in [-0.05, 0) is 6.42 Å². The average Bonchev–Trinajstić information content (AvgIpc) is 2.20. The number of ether oxygens (including phenoxy) is 1. The molecule has 0 atom stereocenters. The number of hydrogen-bond acceptors (Lipinski definition) is 4. The van der Waals surface area contributed by atoms with Gasteiger partial charge in [0.05, 0.1) is 13.2 Å². The molecular formula is C9H15N3O4. The molecule has 0 saturated heterocycles. The Morgan fingerprint density at radius 1 is 1.12 bits per heavy atom. The molecule has 16 heavy (non-hydrogen) atoms. The Morgan fingerprint density at radius 2 is 1.75 bits per heavy atom. The molecule has 90 valence electrons. The summed E-state index contributed by atoms with van der Waals surface area (Å²) in [4.78, 5) is 37.1. The number of aromatic nitrogens is 3. The van der Waals surface area contributed by atoms with Crippen molar-refractivity contribution in [1.82, 2.24) is 14.5 Å². The molecule has 7 nitrogen and oxygen atoms in total. The predicted octanol–water partition coefficient (Wildman–Crippen LogP) is -0.958. The fraction of sp³-hybridized carbons (Fsp3) is 0.667. The van der Waals surface area contributed by atoms with Crippen molar-refractivity contribution in [3.63, 3.8) is 0 Å². The van der Waals surface area contributed by atoms with Gasteiger partial charge in [-0.15, -0.1) is 0 Å². The first-order chi connectivity index (χ1) is 7.65. The first-order valence-corrected chi connectivity index (χ1v) is 5.16. The van der Waals surface area contributed by atoms with Crippen molar-refractivity contribution in [2.75, 3.05) is 13.2 Å². The van der Waals surface area contributed by atoms with E-state index in [4.69, 9.17) is 4.74 Å². The van der Waals surface area contributed by atoms with E-state index in [2.05, 4.69) is 0 Å². The lowest BCUT2D eigenvalue weighted by Gasteiger charge is -2.04. The highest BCUT2D eigenvalue weighted by molar-refractivity contribution is 4.68. The van der Waals surface area contributed by atoms with Gasteiger partial charge >= 0.3 is 17.1 Å². The molecule has 0 saturated carbocycles. The van der Waals surface area contributed by atoms with Gasteiger partial charge in [0.2, 0.25) is 0 Å². The van der Waals surface area contributed by atoms with Crippen molar-refractivity contribution < 1.29 is 4.74 Å². The van der Waals surface area contributed by atoms with Crippen LogP contribution in [0, 0.1) is 0 Å². The lowest BCUT2D eigenvalue weighted by molar-refractivity contribution is 0.121. The topological polar surface area (TPSA) is 96.9 Å². The third-order valence-electron chi connectivity index (χ3n) is 2.03. The van der Waals surface area contributed by atoms with Crippen LogP contribution < -0.4 is 17.1 Å². The predicted molar refractivity (Wildman–Crippen MR) is 57.7 cm³/mol. The number of nitrogens with one attached hydrogen (secondary N) is 2. The highest BCUT2D eigenvalue weighted by atomic mass is 16.5. The summed E-state index contributed by atoms with van der Waals surface area (Å²) in [5.74, 6) is 0. The fourth-order valence-corrected chi connectivity index (χ4v) is 1.16. The van der Waals surface area contributed by atoms with Gasteiger partial charge in [0.1, 0.15) is 0 Å². The standard InChI is InChI=1S/C9H15N3O4/c1-2-3-5-16-6-4-12-8(14)10-7(13)11-9(12)15/h2-6H2,1H3,(H2,10,11,13,14,15). The van der Waals surface area contributed by atoms with Gasteiger partial charge in [0, 0.05) is 6.61 Å². The third kappa shape index (κ3) is 3.50. The molecule has 0 aliphatic heterocycles. The second-order valence-electron chi connectivity index (χ2n) is 3.31. The molecule has 0 spiro atoms. The van der Waals surface area contributed by atoms with Crippen LogP contribution in [0.4, 0.5) is 0 Å². The van der Waals surface area contributed by atoms with E-state index in [-0.39, 0.29) is 13.2 Å². The van der Waals surface area contributed by atoms with E-state index < -0.39 is 17.1 Å². The Balaban J connectivity index is 2.58. The second kappa shape index (κ2) is 6.06. The van der Waals surface area contributed by atoms with Gasteiger partial charge in [-0.3, -0.25) is 9.97 Å². The van der Waals surface area contributed by atoms with Crippen LogP contribution >= 0.6 is 0 Å². The maximum atomic E-state index is 11.2. The summed E-state index contributed by atoms with van der Waals surface area (Å²) in [6.07, 6.45) is 1.97. The van der Waals surface area contributed by atoms with Crippen LogP contribution in [0.3, 0.4) is 0 Å². The molecule has 1 heterocycles. The van der Waals surface area contributed by atoms with Crippen molar-refractivity contribution in [3.05, 3.63) is 31.5 Å². The summed E-state index contributed by atoms with van der Waals surface area (Å²) in [7, 11) is 0. The second-order valence-corrected chi connectivity index (χ2v) is 3.31. The Hall–Kier alpha value is -1.63. The summed E-state index contributed by atoms with van der Waals surface area (Å²) in [5, 5.41) is 0. The van der Waals surface area contributed by atoms with Crippen LogP contribution in [-0.2, 0) is 11.3 Å². The van der Waals surface area contributed by atoms with Crippen molar-refractivity contribution in [3.8, 4) is 0 Å². The average molecular weight is 229 g/mol. The molecule has 7 heteroatoms. The molecular weight excluding hydrogens is 214 g/mol. The van der Waals surface area contributed by atoms with E-state index >= 15 is 0 Å². The maximum Gasteiger partial charge on any atom is 0.333 e. The minimum absolute atomic E-state index is 0.134. The van der Waals surface area contributed by atoms with E-state index in [0.717, 1.165) is 17.4 Å². The zero-order valence-corrected chi connectivity index (χ0v) is 9.12. The number of aromatic amines is 2. The van der Waals surface area contributed by atoms with E-state index in [1.54, 1.807) is 0 Å². The smallest absolute Gasteiger partial charge is 0.333 e. The van der Waals surface area contributed by atoms with Crippen molar-refractivity contribution in [2.45, 2.75) is 26.3 Å². The molecule has 2 N–H and O–H groups in total. The molecule has 0 fully saturated rings. The first kappa shape index (κ1) is 12.4. The zero-order valence-electron chi connectivity index (χ0n) is 9.12. The minimum Gasteiger partial charge on any atom is -0.380 e.